The molecule has 2 aromatic heterocycles. The second-order valence-corrected chi connectivity index (χ2v) is 17.0. The number of ketones is 1. The Hall–Kier alpha value is -4.35. The van der Waals surface area contributed by atoms with Crippen molar-refractivity contribution in [3.63, 3.8) is 0 Å². The molecule has 4 heterocycles. The minimum Gasteiger partial charge on any atom is -0.345 e. The molecule has 2 aromatic carbocycles. The Labute approximate surface area is 301 Å². The van der Waals surface area contributed by atoms with Crippen LogP contribution in [0.1, 0.15) is 36.6 Å². The fourth-order valence-corrected chi connectivity index (χ4v) is 9.71. The summed E-state index contributed by atoms with van der Waals surface area (Å²) in [5.74, 6) is -1.36. The number of nitrogens with zero attached hydrogens (tertiary/aromatic N) is 6. The van der Waals surface area contributed by atoms with Gasteiger partial charge in [-0.15, -0.1) is 0 Å². The van der Waals surface area contributed by atoms with Gasteiger partial charge in [-0.3, -0.25) is 24.8 Å². The van der Waals surface area contributed by atoms with E-state index >= 15 is 0 Å². The van der Waals surface area contributed by atoms with Crippen molar-refractivity contribution in [2.45, 2.75) is 16.7 Å². The smallest absolute Gasteiger partial charge is 0.286 e. The van der Waals surface area contributed by atoms with Gasteiger partial charge in [-0.2, -0.15) is 8.61 Å². The molecule has 0 radical (unpaired) electrons. The number of hydroxylamine groups is 2. The lowest BCUT2D eigenvalue weighted by Gasteiger charge is -2.33. The van der Waals surface area contributed by atoms with Gasteiger partial charge in [0.1, 0.15) is 9.75 Å². The number of carbonyl (C=O) groups excluding carboxylic acids is 3. The molecular weight excluding hydrogens is 745 g/mol. The largest absolute Gasteiger partial charge is 0.345 e. The van der Waals surface area contributed by atoms with E-state index in [0.29, 0.717) is 60.0 Å². The van der Waals surface area contributed by atoms with Crippen molar-refractivity contribution in [3.05, 3.63) is 82.3 Å². The van der Waals surface area contributed by atoms with Crippen LogP contribution in [0.2, 0.25) is 0 Å². The first kappa shape index (κ1) is 37.9. The van der Waals surface area contributed by atoms with Gasteiger partial charge in [0.2, 0.25) is 20.0 Å². The molecule has 4 N–H and O–H groups in total. The van der Waals surface area contributed by atoms with Crippen molar-refractivity contribution in [2.24, 2.45) is 0 Å². The highest BCUT2D eigenvalue weighted by atomic mass is 32.2. The monoisotopic (exact) mass is 778 g/mol. The SMILES string of the molecule is CC(=O)c1ccc(S(=O)(=O)N2CCN(c3ncc(C(=O)NO)s3)CC2)cc1.O=C(NO)c1cnc(N2CCN(S(=O)(=O)c3ccccc3)CC2)s1. The van der Waals surface area contributed by atoms with Crippen LogP contribution in [0.5, 0.6) is 0 Å². The summed E-state index contributed by atoms with van der Waals surface area (Å²) in [5.41, 5.74) is 3.59. The van der Waals surface area contributed by atoms with Gasteiger partial charge in [-0.05, 0) is 31.2 Å². The number of benzene rings is 2. The molecule has 2 saturated heterocycles. The average Bonchev–Trinajstić information content (AvgIpc) is 3.87. The van der Waals surface area contributed by atoms with Gasteiger partial charge in [0.25, 0.3) is 11.8 Å². The van der Waals surface area contributed by atoms with Crippen molar-refractivity contribution in [2.75, 3.05) is 62.2 Å². The predicted molar refractivity (Wildman–Crippen MR) is 188 cm³/mol. The van der Waals surface area contributed by atoms with Crippen LogP contribution in [-0.4, -0.2) is 116 Å². The molecule has 0 saturated carbocycles. The number of nitrogens with one attached hydrogen (secondary N) is 2. The molecular formula is C30H34N8O9S4. The van der Waals surface area contributed by atoms with Crippen LogP contribution in [-0.2, 0) is 20.0 Å². The molecule has 0 bridgehead atoms. The molecule has 2 amide bonds. The van der Waals surface area contributed by atoms with Gasteiger partial charge in [0, 0.05) is 57.9 Å². The topological polar surface area (TPSA) is 223 Å². The number of aromatic nitrogens is 2. The number of thiazole rings is 2. The van der Waals surface area contributed by atoms with Crippen molar-refractivity contribution in [1.29, 1.82) is 0 Å². The van der Waals surface area contributed by atoms with E-state index in [2.05, 4.69) is 9.97 Å². The van der Waals surface area contributed by atoms with Crippen LogP contribution in [0.3, 0.4) is 0 Å². The third kappa shape index (κ3) is 8.76. The molecule has 0 unspecified atom stereocenters. The zero-order valence-corrected chi connectivity index (χ0v) is 30.3. The maximum Gasteiger partial charge on any atom is 0.286 e. The zero-order valence-electron chi connectivity index (χ0n) is 27.1. The van der Waals surface area contributed by atoms with Crippen LogP contribution in [0.25, 0.3) is 0 Å². The molecule has 51 heavy (non-hydrogen) atoms. The highest BCUT2D eigenvalue weighted by Crippen LogP contribution is 2.27. The molecule has 17 nitrogen and oxygen atoms in total. The first-order valence-electron chi connectivity index (χ1n) is 15.3. The third-order valence-electron chi connectivity index (χ3n) is 7.94. The van der Waals surface area contributed by atoms with Crippen LogP contribution < -0.4 is 20.8 Å². The molecule has 0 atom stereocenters. The molecule has 2 aliphatic rings. The van der Waals surface area contributed by atoms with Gasteiger partial charge in [0.15, 0.2) is 16.0 Å². The van der Waals surface area contributed by atoms with E-state index in [4.69, 9.17) is 10.4 Å². The van der Waals surface area contributed by atoms with Crippen molar-refractivity contribution < 1.29 is 41.6 Å². The maximum absolute atomic E-state index is 12.8. The summed E-state index contributed by atoms with van der Waals surface area (Å²) < 4.78 is 53.5. The normalized spacial score (nSPS) is 15.8. The fourth-order valence-electron chi connectivity index (χ4n) is 5.13. The van der Waals surface area contributed by atoms with Crippen LogP contribution in [0.4, 0.5) is 10.3 Å². The maximum atomic E-state index is 12.8. The van der Waals surface area contributed by atoms with E-state index in [0.717, 1.165) is 22.7 Å². The molecule has 4 aromatic rings. The third-order valence-corrected chi connectivity index (χ3v) is 13.9. The molecule has 2 fully saturated rings. The molecule has 0 aliphatic carbocycles. The van der Waals surface area contributed by atoms with Crippen molar-refractivity contribution >= 4 is 70.6 Å². The first-order chi connectivity index (χ1) is 24.3. The molecule has 2 aliphatic heterocycles. The van der Waals surface area contributed by atoms with E-state index < -0.39 is 31.9 Å². The van der Waals surface area contributed by atoms with Crippen molar-refractivity contribution in [3.8, 4) is 0 Å². The van der Waals surface area contributed by atoms with Crippen molar-refractivity contribution in [1.82, 2.24) is 29.5 Å². The summed E-state index contributed by atoms with van der Waals surface area (Å²) in [7, 11) is -7.13. The number of Topliss-reactive ketones (excluding diaryl/α,β-unsaturated/α-hetero) is 1. The second-order valence-electron chi connectivity index (χ2n) is 11.1. The minimum atomic E-state index is -3.64. The van der Waals surface area contributed by atoms with Gasteiger partial charge in [-0.1, -0.05) is 53.0 Å². The summed E-state index contributed by atoms with van der Waals surface area (Å²) in [6, 6.07) is 14.3. The highest BCUT2D eigenvalue weighted by Gasteiger charge is 2.31. The van der Waals surface area contributed by atoms with E-state index in [9.17, 15) is 31.2 Å². The Morgan fingerprint density at radius 2 is 1.02 bits per heavy atom. The number of anilines is 2. The zero-order chi connectivity index (χ0) is 36.8. The van der Waals surface area contributed by atoms with Gasteiger partial charge in [0.05, 0.1) is 22.2 Å². The van der Waals surface area contributed by atoms with Crippen LogP contribution >= 0.6 is 22.7 Å². The number of hydrogen-bond donors (Lipinski definition) is 4. The predicted octanol–water partition coefficient (Wildman–Crippen LogP) is 1.75. The Kier molecular flexibility index (Phi) is 12.1. The molecule has 272 valence electrons. The number of piperazine rings is 2. The average molecular weight is 779 g/mol. The minimum absolute atomic E-state index is 0.120. The van der Waals surface area contributed by atoms with Gasteiger partial charge >= 0.3 is 0 Å². The number of sulfonamides is 2. The number of rotatable bonds is 9. The van der Waals surface area contributed by atoms with Gasteiger partial charge < -0.3 is 9.80 Å². The Bertz CT molecular complexity index is 2060. The Balaban J connectivity index is 0.000000199. The van der Waals surface area contributed by atoms with E-state index in [1.54, 1.807) is 41.3 Å². The molecule has 6 rings (SSSR count). The van der Waals surface area contributed by atoms with E-state index in [1.165, 1.54) is 52.2 Å². The first-order valence-corrected chi connectivity index (χ1v) is 19.8. The second kappa shape index (κ2) is 16.3. The summed E-state index contributed by atoms with van der Waals surface area (Å²) in [6.07, 6.45) is 2.75. The Morgan fingerprint density at radius 3 is 1.39 bits per heavy atom. The number of amides is 2. The quantitative estimate of drug-likeness (QED) is 0.108. The lowest BCUT2D eigenvalue weighted by atomic mass is 10.2. The summed E-state index contributed by atoms with van der Waals surface area (Å²) >= 11 is 2.28. The lowest BCUT2D eigenvalue weighted by molar-refractivity contribution is 0.0706. The van der Waals surface area contributed by atoms with E-state index in [1.807, 2.05) is 9.80 Å². The number of hydrogen-bond acceptors (Lipinski definition) is 15. The van der Waals surface area contributed by atoms with Crippen LogP contribution in [0, 0.1) is 0 Å². The summed E-state index contributed by atoms with van der Waals surface area (Å²) in [5, 5.41) is 18.5. The number of carbonyl (C=O) groups is 3. The van der Waals surface area contributed by atoms with Crippen LogP contribution in [0.15, 0.2) is 76.8 Å². The van der Waals surface area contributed by atoms with E-state index in [-0.39, 0.29) is 33.5 Å². The highest BCUT2D eigenvalue weighted by molar-refractivity contribution is 7.89. The Morgan fingerprint density at radius 1 is 0.627 bits per heavy atom. The lowest BCUT2D eigenvalue weighted by Crippen LogP contribution is -2.48. The summed E-state index contributed by atoms with van der Waals surface area (Å²) in [4.78, 5) is 47.2. The summed E-state index contributed by atoms with van der Waals surface area (Å²) in [6.45, 7) is 4.50. The standard InChI is InChI=1S/C16H18N4O5S2.C14H16N4O4S2/c1-11(21)12-2-4-13(5-3-12)27(24,25)20-8-6-19(7-9-20)16-17-10-14(26-16)15(22)18-23;19-13(16-20)12-10-15-14(23-12)17-6-8-18(9-7-17)24(21,22)11-4-2-1-3-5-11/h2-5,10,23H,6-9H2,1H3,(H,18,22);1-5,10,20H,6-9H2,(H,16,19). The fraction of sp³-hybridized carbons (Fsp3) is 0.300. The molecule has 0 spiro atoms. The molecule has 21 heteroatoms. The van der Waals surface area contributed by atoms with Gasteiger partial charge in [-0.25, -0.2) is 37.8 Å².